The van der Waals surface area contributed by atoms with Crippen molar-refractivity contribution in [1.29, 1.82) is 0 Å². The van der Waals surface area contributed by atoms with Crippen LogP contribution in [0, 0.1) is 0 Å². The van der Waals surface area contributed by atoms with Gasteiger partial charge in [0.2, 0.25) is 0 Å². The van der Waals surface area contributed by atoms with E-state index in [0.717, 1.165) is 24.9 Å². The number of phenolic OH excluding ortho intramolecular Hbond substituents is 1. The Labute approximate surface area is 149 Å². The highest BCUT2D eigenvalue weighted by Gasteiger charge is 2.20. The van der Waals surface area contributed by atoms with Crippen LogP contribution in [0.25, 0.3) is 22.5 Å². The van der Waals surface area contributed by atoms with E-state index in [4.69, 9.17) is 10.3 Å². The SMILES string of the molecule is Nc1nc(-c2cc(-c3ccon3)ccc2O)cn(C2CCCNC2)c1=O. The van der Waals surface area contributed by atoms with E-state index >= 15 is 0 Å². The molecule has 0 saturated carbocycles. The van der Waals surface area contributed by atoms with Crippen molar-refractivity contribution in [2.24, 2.45) is 0 Å². The van der Waals surface area contributed by atoms with Gasteiger partial charge in [-0.15, -0.1) is 0 Å². The van der Waals surface area contributed by atoms with E-state index in [1.54, 1.807) is 35.0 Å². The lowest BCUT2D eigenvalue weighted by Gasteiger charge is -2.25. The molecule has 8 heteroatoms. The second kappa shape index (κ2) is 6.64. The minimum absolute atomic E-state index is 0.0150. The second-order valence-electron chi connectivity index (χ2n) is 6.34. The van der Waals surface area contributed by atoms with Crippen molar-refractivity contribution in [2.75, 3.05) is 18.8 Å². The van der Waals surface area contributed by atoms with Crippen molar-refractivity contribution in [2.45, 2.75) is 18.9 Å². The zero-order valence-electron chi connectivity index (χ0n) is 14.1. The predicted octanol–water partition coefficient (Wildman–Crippen LogP) is 1.78. The standard InChI is InChI=1S/C18H19N5O3/c19-17-18(25)23(12-2-1-6-20-9-12)10-15(21-17)13-8-11(3-4-16(13)24)14-5-7-26-22-14/h3-5,7-8,10,12,20,24H,1-2,6,9H2,(H2,19,21). The van der Waals surface area contributed by atoms with Crippen molar-refractivity contribution in [3.8, 4) is 28.3 Å². The third-order valence-corrected chi connectivity index (χ3v) is 4.63. The predicted molar refractivity (Wildman–Crippen MR) is 96.6 cm³/mol. The summed E-state index contributed by atoms with van der Waals surface area (Å²) in [6.45, 7) is 1.65. The van der Waals surface area contributed by atoms with Crippen molar-refractivity contribution in [3.05, 3.63) is 47.1 Å². The first-order valence-corrected chi connectivity index (χ1v) is 8.47. The first-order chi connectivity index (χ1) is 12.6. The molecule has 8 nitrogen and oxygen atoms in total. The molecule has 1 unspecified atom stereocenters. The van der Waals surface area contributed by atoms with Crippen LogP contribution in [0.2, 0.25) is 0 Å². The van der Waals surface area contributed by atoms with Crippen LogP contribution in [0.15, 0.2) is 46.0 Å². The Morgan fingerprint density at radius 3 is 2.92 bits per heavy atom. The van der Waals surface area contributed by atoms with Crippen molar-refractivity contribution in [3.63, 3.8) is 0 Å². The smallest absolute Gasteiger partial charge is 0.293 e. The van der Waals surface area contributed by atoms with Gasteiger partial charge in [0.25, 0.3) is 5.56 Å². The molecule has 1 aliphatic rings. The van der Waals surface area contributed by atoms with Gasteiger partial charge in [0.1, 0.15) is 17.7 Å². The molecule has 0 spiro atoms. The number of nitrogens with two attached hydrogens (primary N) is 1. The molecular formula is C18H19N5O3. The molecule has 1 atom stereocenters. The molecule has 4 N–H and O–H groups in total. The van der Waals surface area contributed by atoms with Crippen LogP contribution in [0.5, 0.6) is 5.75 Å². The minimum atomic E-state index is -0.311. The van der Waals surface area contributed by atoms with E-state index in [9.17, 15) is 9.90 Å². The van der Waals surface area contributed by atoms with Crippen molar-refractivity contribution < 1.29 is 9.63 Å². The van der Waals surface area contributed by atoms with Gasteiger partial charge in [0, 0.05) is 36.0 Å². The maximum atomic E-state index is 12.5. The number of nitrogen functional groups attached to an aromatic ring is 1. The van der Waals surface area contributed by atoms with Gasteiger partial charge in [-0.25, -0.2) is 4.98 Å². The lowest BCUT2D eigenvalue weighted by Crippen LogP contribution is -2.37. The number of hydrogen-bond donors (Lipinski definition) is 3. The molecule has 2 aromatic heterocycles. The quantitative estimate of drug-likeness (QED) is 0.656. The summed E-state index contributed by atoms with van der Waals surface area (Å²) in [7, 11) is 0. The number of nitrogens with zero attached hydrogens (tertiary/aromatic N) is 3. The van der Waals surface area contributed by atoms with Crippen LogP contribution < -0.4 is 16.6 Å². The summed E-state index contributed by atoms with van der Waals surface area (Å²) in [6.07, 6.45) is 5.02. The lowest BCUT2D eigenvalue weighted by atomic mass is 10.0. The minimum Gasteiger partial charge on any atom is -0.507 e. The van der Waals surface area contributed by atoms with Gasteiger partial charge in [-0.2, -0.15) is 0 Å². The highest BCUT2D eigenvalue weighted by Crippen LogP contribution is 2.32. The molecule has 1 aromatic carbocycles. The van der Waals surface area contributed by atoms with E-state index in [1.807, 2.05) is 0 Å². The highest BCUT2D eigenvalue weighted by atomic mass is 16.5. The van der Waals surface area contributed by atoms with E-state index in [1.165, 1.54) is 6.26 Å². The van der Waals surface area contributed by atoms with Crippen molar-refractivity contribution >= 4 is 5.82 Å². The summed E-state index contributed by atoms with van der Waals surface area (Å²) in [5.41, 5.74) is 7.90. The van der Waals surface area contributed by atoms with Gasteiger partial charge in [-0.3, -0.25) is 4.79 Å². The molecule has 0 bridgehead atoms. The van der Waals surface area contributed by atoms with Gasteiger partial charge < -0.3 is 25.2 Å². The summed E-state index contributed by atoms with van der Waals surface area (Å²) in [4.78, 5) is 16.7. The van der Waals surface area contributed by atoms with E-state index < -0.39 is 0 Å². The summed E-state index contributed by atoms with van der Waals surface area (Å²) in [5, 5.41) is 17.5. The molecule has 4 rings (SSSR count). The Morgan fingerprint density at radius 2 is 2.19 bits per heavy atom. The van der Waals surface area contributed by atoms with Crippen molar-refractivity contribution in [1.82, 2.24) is 20.0 Å². The fraction of sp³-hybridized carbons (Fsp3) is 0.278. The molecule has 1 aliphatic heterocycles. The Kier molecular flexibility index (Phi) is 4.18. The normalized spacial score (nSPS) is 17.3. The Balaban J connectivity index is 1.82. The maximum absolute atomic E-state index is 12.5. The van der Waals surface area contributed by atoms with Gasteiger partial charge >= 0.3 is 0 Å². The number of phenols is 1. The number of aromatic nitrogens is 3. The van der Waals surface area contributed by atoms with Gasteiger partial charge in [-0.1, -0.05) is 5.16 Å². The van der Waals surface area contributed by atoms with Gasteiger partial charge in [0.15, 0.2) is 5.82 Å². The number of anilines is 1. The van der Waals surface area contributed by atoms with Crippen LogP contribution in [0.4, 0.5) is 5.82 Å². The highest BCUT2D eigenvalue weighted by molar-refractivity contribution is 5.74. The molecule has 26 heavy (non-hydrogen) atoms. The van der Waals surface area contributed by atoms with E-state index in [2.05, 4.69) is 15.5 Å². The van der Waals surface area contributed by atoms with Crippen LogP contribution in [0.1, 0.15) is 18.9 Å². The number of nitrogens with one attached hydrogen (secondary N) is 1. The number of benzene rings is 1. The Bertz CT molecular complexity index is 975. The first-order valence-electron chi connectivity index (χ1n) is 8.47. The number of hydrogen-bond acceptors (Lipinski definition) is 7. The third kappa shape index (κ3) is 2.95. The second-order valence-corrected chi connectivity index (χ2v) is 6.34. The van der Waals surface area contributed by atoms with Crippen LogP contribution >= 0.6 is 0 Å². The molecule has 0 radical (unpaired) electrons. The molecule has 0 aliphatic carbocycles. The molecule has 3 heterocycles. The average Bonchev–Trinajstić information content (AvgIpc) is 3.20. The summed E-state index contributed by atoms with van der Waals surface area (Å²) in [5.74, 6) is -0.0320. The third-order valence-electron chi connectivity index (χ3n) is 4.63. The molecule has 1 fully saturated rings. The summed E-state index contributed by atoms with van der Waals surface area (Å²) >= 11 is 0. The van der Waals surface area contributed by atoms with E-state index in [-0.39, 0.29) is 23.2 Å². The molecule has 0 amide bonds. The topological polar surface area (TPSA) is 119 Å². The van der Waals surface area contributed by atoms with E-state index in [0.29, 0.717) is 23.5 Å². The van der Waals surface area contributed by atoms with Crippen LogP contribution in [-0.4, -0.2) is 32.9 Å². The van der Waals surface area contributed by atoms with Gasteiger partial charge in [0.05, 0.1) is 5.69 Å². The Morgan fingerprint density at radius 1 is 1.31 bits per heavy atom. The summed E-state index contributed by atoms with van der Waals surface area (Å²) in [6, 6.07) is 6.80. The fourth-order valence-electron chi connectivity index (χ4n) is 3.26. The zero-order chi connectivity index (χ0) is 18.1. The zero-order valence-corrected chi connectivity index (χ0v) is 14.1. The average molecular weight is 353 g/mol. The molecule has 3 aromatic rings. The largest absolute Gasteiger partial charge is 0.507 e. The van der Waals surface area contributed by atoms with Gasteiger partial charge in [-0.05, 0) is 37.6 Å². The number of piperidine rings is 1. The number of aromatic hydroxyl groups is 1. The first kappa shape index (κ1) is 16.3. The Hall–Kier alpha value is -3.13. The van der Waals surface area contributed by atoms with Crippen LogP contribution in [-0.2, 0) is 0 Å². The monoisotopic (exact) mass is 353 g/mol. The maximum Gasteiger partial charge on any atom is 0.293 e. The number of rotatable bonds is 3. The molecular weight excluding hydrogens is 334 g/mol. The summed E-state index contributed by atoms with van der Waals surface area (Å²) < 4.78 is 6.49. The lowest BCUT2D eigenvalue weighted by molar-refractivity contribution is 0.364. The fourth-order valence-corrected chi connectivity index (χ4v) is 3.26. The molecule has 134 valence electrons. The van der Waals surface area contributed by atoms with Crippen LogP contribution in [0.3, 0.4) is 0 Å². The molecule has 1 saturated heterocycles.